The molecular weight excluding hydrogens is 562 g/mol. The quantitative estimate of drug-likeness (QED) is 0.173. The van der Waals surface area contributed by atoms with Crippen molar-refractivity contribution < 1.29 is 28.7 Å². The maximum atomic E-state index is 13.6. The van der Waals surface area contributed by atoms with Crippen LogP contribution in [-0.4, -0.2) is 48.3 Å². The minimum absolute atomic E-state index is 0.0753. The number of fused-ring (bicyclic) bond motifs is 1. The highest BCUT2D eigenvalue weighted by atomic mass is 35.5. The molecule has 1 fully saturated rings. The molecule has 1 aliphatic carbocycles. The van der Waals surface area contributed by atoms with Crippen molar-refractivity contribution in [3.63, 3.8) is 0 Å². The fourth-order valence-electron chi connectivity index (χ4n) is 5.34. The van der Waals surface area contributed by atoms with Crippen LogP contribution in [0.15, 0.2) is 77.4 Å². The van der Waals surface area contributed by atoms with E-state index in [9.17, 15) is 19.7 Å². The standard InChI is InChI=1S/C31H28ClN3O7/c1-40-23-11-6-19(7-12-23)16-21-4-3-5-26-29(21)33-34(30(26)20-8-13-24(41-2)14-9-20)28(36)18-42-31(37)25-15-10-22(32)17-27(25)35(38)39/h6-17,26,30H,3-5,18H2,1-2H3. The fraction of sp³-hybridized carbons (Fsp3) is 0.258. The summed E-state index contributed by atoms with van der Waals surface area (Å²) < 4.78 is 15.8. The van der Waals surface area contributed by atoms with Gasteiger partial charge in [0.2, 0.25) is 0 Å². The van der Waals surface area contributed by atoms with Gasteiger partial charge in [0.05, 0.1) is 30.9 Å². The molecule has 1 aliphatic heterocycles. The summed E-state index contributed by atoms with van der Waals surface area (Å²) in [4.78, 5) is 37.0. The Morgan fingerprint density at radius 3 is 2.36 bits per heavy atom. The van der Waals surface area contributed by atoms with Gasteiger partial charge in [0.25, 0.3) is 11.6 Å². The van der Waals surface area contributed by atoms with E-state index in [0.29, 0.717) is 5.75 Å². The molecule has 11 heteroatoms. The van der Waals surface area contributed by atoms with Gasteiger partial charge in [0, 0.05) is 17.0 Å². The number of nitro groups is 1. The van der Waals surface area contributed by atoms with Crippen LogP contribution in [0.2, 0.25) is 5.02 Å². The van der Waals surface area contributed by atoms with Crippen LogP contribution in [0.5, 0.6) is 11.5 Å². The first-order valence-electron chi connectivity index (χ1n) is 13.3. The second kappa shape index (κ2) is 12.4. The zero-order valence-electron chi connectivity index (χ0n) is 23.0. The lowest BCUT2D eigenvalue weighted by Gasteiger charge is -2.29. The number of nitrogens with zero attached hydrogens (tertiary/aromatic N) is 3. The predicted octanol–water partition coefficient (Wildman–Crippen LogP) is 6.25. The lowest BCUT2D eigenvalue weighted by atomic mass is 9.77. The third kappa shape index (κ3) is 5.99. The molecule has 0 radical (unpaired) electrons. The van der Waals surface area contributed by atoms with Gasteiger partial charge in [-0.1, -0.05) is 35.9 Å². The van der Waals surface area contributed by atoms with Gasteiger partial charge in [-0.2, -0.15) is 5.10 Å². The Morgan fingerprint density at radius 2 is 1.71 bits per heavy atom. The first kappa shape index (κ1) is 28.8. The van der Waals surface area contributed by atoms with Crippen molar-refractivity contribution in [2.24, 2.45) is 11.0 Å². The minimum Gasteiger partial charge on any atom is -0.497 e. The van der Waals surface area contributed by atoms with Crippen LogP contribution < -0.4 is 9.47 Å². The van der Waals surface area contributed by atoms with Crippen molar-refractivity contribution in [2.45, 2.75) is 25.3 Å². The molecule has 0 spiro atoms. The molecule has 2 unspecified atom stereocenters. The molecule has 1 amide bonds. The highest BCUT2D eigenvalue weighted by Crippen LogP contribution is 2.44. The van der Waals surface area contributed by atoms with Crippen LogP contribution in [0.3, 0.4) is 0 Å². The number of allylic oxidation sites excluding steroid dienone is 1. The first-order chi connectivity index (χ1) is 20.3. The van der Waals surface area contributed by atoms with Gasteiger partial charge in [0.15, 0.2) is 6.61 Å². The smallest absolute Gasteiger partial charge is 0.345 e. The molecule has 0 N–H and O–H groups in total. The minimum atomic E-state index is -1.00. The number of hydrazone groups is 1. The van der Waals surface area contributed by atoms with E-state index in [4.69, 9.17) is 30.9 Å². The van der Waals surface area contributed by atoms with E-state index in [0.717, 1.165) is 53.5 Å². The van der Waals surface area contributed by atoms with Crippen molar-refractivity contribution in [1.29, 1.82) is 0 Å². The number of hydrogen-bond acceptors (Lipinski definition) is 8. The molecule has 3 aromatic rings. The molecule has 2 atom stereocenters. The molecule has 0 saturated heterocycles. The second-order valence-corrected chi connectivity index (χ2v) is 10.3. The van der Waals surface area contributed by atoms with E-state index < -0.39 is 35.1 Å². The van der Waals surface area contributed by atoms with E-state index in [-0.39, 0.29) is 16.5 Å². The summed E-state index contributed by atoms with van der Waals surface area (Å²) in [5.41, 5.74) is 2.88. The summed E-state index contributed by atoms with van der Waals surface area (Å²) in [6, 6.07) is 18.3. The van der Waals surface area contributed by atoms with Crippen LogP contribution in [-0.2, 0) is 9.53 Å². The molecule has 2 aliphatic rings. The van der Waals surface area contributed by atoms with Crippen molar-refractivity contribution in [3.05, 3.63) is 104 Å². The maximum absolute atomic E-state index is 13.6. The van der Waals surface area contributed by atoms with E-state index in [1.54, 1.807) is 14.2 Å². The van der Waals surface area contributed by atoms with Crippen LogP contribution in [0.1, 0.15) is 46.8 Å². The number of carbonyl (C=O) groups is 2. The number of esters is 1. The summed E-state index contributed by atoms with van der Waals surface area (Å²) in [7, 11) is 3.20. The van der Waals surface area contributed by atoms with Crippen molar-refractivity contribution >= 4 is 41.0 Å². The topological polar surface area (TPSA) is 121 Å². The van der Waals surface area contributed by atoms with Crippen LogP contribution in [0.4, 0.5) is 5.69 Å². The highest BCUT2D eigenvalue weighted by Gasteiger charge is 2.44. The van der Waals surface area contributed by atoms with Crippen LogP contribution in [0.25, 0.3) is 6.08 Å². The maximum Gasteiger partial charge on any atom is 0.345 e. The van der Waals surface area contributed by atoms with E-state index in [2.05, 4.69) is 6.08 Å². The highest BCUT2D eigenvalue weighted by molar-refractivity contribution is 6.31. The average Bonchev–Trinajstić information content (AvgIpc) is 3.41. The van der Waals surface area contributed by atoms with Crippen LogP contribution in [0, 0.1) is 16.0 Å². The fourth-order valence-corrected chi connectivity index (χ4v) is 5.51. The molecule has 10 nitrogen and oxygen atoms in total. The normalized spacial score (nSPS) is 18.7. The molecule has 216 valence electrons. The van der Waals surface area contributed by atoms with Crippen molar-refractivity contribution in [3.8, 4) is 11.5 Å². The summed E-state index contributed by atoms with van der Waals surface area (Å²) in [5.74, 6) is -0.193. The number of rotatable bonds is 8. The molecule has 0 aromatic heterocycles. The van der Waals surface area contributed by atoms with Gasteiger partial charge < -0.3 is 14.2 Å². The SMILES string of the molecule is COc1ccc(C=C2CCCC3C2=NN(C(=O)COC(=O)c2ccc(Cl)cc2[N+](=O)[O-])C3c2ccc(OC)cc2)cc1. The Hall–Kier alpha value is -4.70. The third-order valence-corrected chi connectivity index (χ3v) is 7.61. The Bertz CT molecular complexity index is 1570. The molecule has 3 aromatic carbocycles. The van der Waals surface area contributed by atoms with Gasteiger partial charge in [0.1, 0.15) is 17.1 Å². The monoisotopic (exact) mass is 589 g/mol. The van der Waals surface area contributed by atoms with Crippen LogP contribution >= 0.6 is 11.6 Å². The molecular formula is C31H28ClN3O7. The number of nitro benzene ring substituents is 1. The van der Waals surface area contributed by atoms with Gasteiger partial charge in [-0.05, 0) is 78.4 Å². The molecule has 42 heavy (non-hydrogen) atoms. The lowest BCUT2D eigenvalue weighted by Crippen LogP contribution is -2.34. The van der Waals surface area contributed by atoms with Gasteiger partial charge in [-0.15, -0.1) is 0 Å². The van der Waals surface area contributed by atoms with Crippen molar-refractivity contribution in [2.75, 3.05) is 20.8 Å². The van der Waals surface area contributed by atoms with E-state index in [1.807, 2.05) is 48.5 Å². The van der Waals surface area contributed by atoms with E-state index >= 15 is 0 Å². The van der Waals surface area contributed by atoms with E-state index in [1.165, 1.54) is 17.1 Å². The zero-order valence-corrected chi connectivity index (χ0v) is 23.7. The largest absolute Gasteiger partial charge is 0.497 e. The Kier molecular flexibility index (Phi) is 8.53. The Balaban J connectivity index is 1.44. The Morgan fingerprint density at radius 1 is 1.05 bits per heavy atom. The van der Waals surface area contributed by atoms with Gasteiger partial charge >= 0.3 is 5.97 Å². The second-order valence-electron chi connectivity index (χ2n) is 9.88. The molecule has 1 saturated carbocycles. The third-order valence-electron chi connectivity index (χ3n) is 7.37. The van der Waals surface area contributed by atoms with Gasteiger partial charge in [-0.3, -0.25) is 14.9 Å². The predicted molar refractivity (Wildman–Crippen MR) is 157 cm³/mol. The Labute approximate surface area is 247 Å². The number of hydrogen-bond donors (Lipinski definition) is 0. The molecule has 1 heterocycles. The number of benzene rings is 3. The number of methoxy groups -OCH3 is 2. The summed E-state index contributed by atoms with van der Waals surface area (Å²) in [5, 5.41) is 17.7. The lowest BCUT2D eigenvalue weighted by molar-refractivity contribution is -0.385. The zero-order chi connectivity index (χ0) is 29.8. The summed E-state index contributed by atoms with van der Waals surface area (Å²) in [6.07, 6.45) is 4.60. The summed E-state index contributed by atoms with van der Waals surface area (Å²) >= 11 is 5.86. The number of ether oxygens (including phenoxy) is 3. The first-order valence-corrected chi connectivity index (χ1v) is 13.7. The molecule has 5 rings (SSSR count). The summed E-state index contributed by atoms with van der Waals surface area (Å²) in [6.45, 7) is -0.647. The molecule has 0 bridgehead atoms. The number of carbonyl (C=O) groups excluding carboxylic acids is 2. The average molecular weight is 590 g/mol. The number of amides is 1. The number of halogens is 1. The van der Waals surface area contributed by atoms with Gasteiger partial charge in [-0.25, -0.2) is 9.80 Å². The van der Waals surface area contributed by atoms with Crippen molar-refractivity contribution in [1.82, 2.24) is 5.01 Å².